The molecular formula is C19H28FN3O3. The highest BCUT2D eigenvalue weighted by molar-refractivity contribution is 5.80. The number of urea groups is 1. The highest BCUT2D eigenvalue weighted by Gasteiger charge is 2.24. The number of rotatable bonds is 3. The van der Waals surface area contributed by atoms with Crippen LogP contribution in [0.15, 0.2) is 18.2 Å². The van der Waals surface area contributed by atoms with Gasteiger partial charge in [0.15, 0.2) is 0 Å². The summed E-state index contributed by atoms with van der Waals surface area (Å²) in [6, 6.07) is 4.06. The van der Waals surface area contributed by atoms with Crippen molar-refractivity contribution in [3.05, 3.63) is 29.6 Å². The lowest BCUT2D eigenvalue weighted by atomic mass is 10.1. The summed E-state index contributed by atoms with van der Waals surface area (Å²) in [4.78, 5) is 28.4. The Balaban J connectivity index is 1.97. The molecule has 0 bridgehead atoms. The van der Waals surface area contributed by atoms with E-state index in [1.165, 1.54) is 25.3 Å². The predicted molar refractivity (Wildman–Crippen MR) is 97.7 cm³/mol. The smallest absolute Gasteiger partial charge is 0.317 e. The number of carbonyl (C=O) groups excluding carboxylic acids is 2. The van der Waals surface area contributed by atoms with E-state index in [0.717, 1.165) is 0 Å². The number of benzene rings is 1. The minimum atomic E-state index is -0.394. The Morgan fingerprint density at radius 3 is 2.46 bits per heavy atom. The van der Waals surface area contributed by atoms with Crippen molar-refractivity contribution < 1.29 is 18.7 Å². The number of nitrogens with zero attached hydrogens (tertiary/aromatic N) is 2. The van der Waals surface area contributed by atoms with Gasteiger partial charge in [-0.1, -0.05) is 0 Å². The lowest BCUT2D eigenvalue weighted by Gasteiger charge is -2.27. The Morgan fingerprint density at radius 2 is 1.81 bits per heavy atom. The second kappa shape index (κ2) is 8.38. The topological polar surface area (TPSA) is 61.9 Å². The number of amides is 3. The van der Waals surface area contributed by atoms with Gasteiger partial charge in [0, 0.05) is 37.3 Å². The van der Waals surface area contributed by atoms with E-state index >= 15 is 0 Å². The first kappa shape index (κ1) is 20.0. The molecule has 2 rings (SSSR count). The van der Waals surface area contributed by atoms with E-state index in [1.54, 1.807) is 9.80 Å². The second-order valence-electron chi connectivity index (χ2n) is 7.53. The van der Waals surface area contributed by atoms with Gasteiger partial charge in [0.1, 0.15) is 11.6 Å². The number of halogens is 1. The summed E-state index contributed by atoms with van der Waals surface area (Å²) < 4.78 is 18.7. The van der Waals surface area contributed by atoms with Crippen molar-refractivity contribution in [2.24, 2.45) is 0 Å². The highest BCUT2D eigenvalue weighted by Crippen LogP contribution is 2.21. The molecule has 0 atom stereocenters. The SMILES string of the molecule is COc1ccc(F)cc1CC(=O)N1CCCN(C(=O)NC(C)(C)C)CC1. The summed E-state index contributed by atoms with van der Waals surface area (Å²) >= 11 is 0. The summed E-state index contributed by atoms with van der Waals surface area (Å²) in [6.45, 7) is 7.94. The van der Waals surface area contributed by atoms with Gasteiger partial charge in [0.25, 0.3) is 0 Å². The molecule has 1 aliphatic heterocycles. The van der Waals surface area contributed by atoms with Crippen molar-refractivity contribution >= 4 is 11.9 Å². The van der Waals surface area contributed by atoms with E-state index in [2.05, 4.69) is 5.32 Å². The zero-order valence-electron chi connectivity index (χ0n) is 16.0. The Labute approximate surface area is 154 Å². The molecule has 1 aliphatic rings. The lowest BCUT2D eigenvalue weighted by molar-refractivity contribution is -0.130. The van der Waals surface area contributed by atoms with Crippen molar-refractivity contribution in [2.45, 2.75) is 39.2 Å². The van der Waals surface area contributed by atoms with Crippen LogP contribution in [-0.2, 0) is 11.2 Å². The first-order chi connectivity index (χ1) is 12.2. The van der Waals surface area contributed by atoms with Crippen LogP contribution in [0.25, 0.3) is 0 Å². The van der Waals surface area contributed by atoms with Crippen LogP contribution < -0.4 is 10.1 Å². The van der Waals surface area contributed by atoms with Gasteiger partial charge < -0.3 is 19.9 Å². The van der Waals surface area contributed by atoms with Crippen molar-refractivity contribution in [3.8, 4) is 5.75 Å². The molecule has 0 aromatic heterocycles. The van der Waals surface area contributed by atoms with Gasteiger partial charge >= 0.3 is 6.03 Å². The number of hydrogen-bond donors (Lipinski definition) is 1. The maximum Gasteiger partial charge on any atom is 0.317 e. The molecule has 1 aromatic carbocycles. The largest absolute Gasteiger partial charge is 0.496 e. The van der Waals surface area contributed by atoms with Crippen LogP contribution in [0.4, 0.5) is 9.18 Å². The standard InChI is InChI=1S/C19H28FN3O3/c1-19(2,3)21-18(25)23-9-5-8-22(10-11-23)17(24)13-14-12-15(20)6-7-16(14)26-4/h6-7,12H,5,8-11,13H2,1-4H3,(H,21,25). The molecule has 1 fully saturated rings. The molecule has 0 spiro atoms. The van der Waals surface area contributed by atoms with Crippen LogP contribution in [0.2, 0.25) is 0 Å². The maximum atomic E-state index is 13.5. The highest BCUT2D eigenvalue weighted by atomic mass is 19.1. The predicted octanol–water partition coefficient (Wildman–Crippen LogP) is 2.42. The molecule has 1 N–H and O–H groups in total. The van der Waals surface area contributed by atoms with Crippen LogP contribution in [-0.4, -0.2) is 60.6 Å². The Bertz CT molecular complexity index is 658. The third-order valence-electron chi connectivity index (χ3n) is 4.20. The minimum Gasteiger partial charge on any atom is -0.496 e. The van der Waals surface area contributed by atoms with E-state index in [1.807, 2.05) is 20.8 Å². The molecule has 1 saturated heterocycles. The average Bonchev–Trinajstić information content (AvgIpc) is 2.79. The van der Waals surface area contributed by atoms with Crippen molar-refractivity contribution in [1.82, 2.24) is 15.1 Å². The first-order valence-electron chi connectivity index (χ1n) is 8.87. The van der Waals surface area contributed by atoms with Gasteiger partial charge in [-0.2, -0.15) is 0 Å². The summed E-state index contributed by atoms with van der Waals surface area (Å²) in [5, 5.41) is 2.95. The molecule has 26 heavy (non-hydrogen) atoms. The zero-order chi connectivity index (χ0) is 19.3. The Kier molecular flexibility index (Phi) is 6.45. The molecule has 0 saturated carbocycles. The van der Waals surface area contributed by atoms with Crippen molar-refractivity contribution in [1.29, 1.82) is 0 Å². The van der Waals surface area contributed by atoms with Crippen LogP contribution >= 0.6 is 0 Å². The van der Waals surface area contributed by atoms with Gasteiger partial charge in [-0.15, -0.1) is 0 Å². The van der Waals surface area contributed by atoms with E-state index in [4.69, 9.17) is 4.74 Å². The first-order valence-corrected chi connectivity index (χ1v) is 8.87. The molecular weight excluding hydrogens is 337 g/mol. The van der Waals surface area contributed by atoms with Crippen LogP contribution in [0.5, 0.6) is 5.75 Å². The number of nitrogens with one attached hydrogen (secondary N) is 1. The fourth-order valence-corrected chi connectivity index (χ4v) is 2.93. The second-order valence-corrected chi connectivity index (χ2v) is 7.53. The summed E-state index contributed by atoms with van der Waals surface area (Å²) in [6.07, 6.45) is 0.790. The van der Waals surface area contributed by atoms with Gasteiger partial charge in [-0.05, 0) is 45.4 Å². The number of hydrogen-bond acceptors (Lipinski definition) is 3. The summed E-state index contributed by atoms with van der Waals surface area (Å²) in [5.41, 5.74) is 0.233. The molecule has 0 aliphatic carbocycles. The quantitative estimate of drug-likeness (QED) is 0.895. The van der Waals surface area contributed by atoms with E-state index in [0.29, 0.717) is 43.9 Å². The molecule has 1 heterocycles. The lowest BCUT2D eigenvalue weighted by Crippen LogP contribution is -2.49. The van der Waals surface area contributed by atoms with Crippen molar-refractivity contribution in [2.75, 3.05) is 33.3 Å². The normalized spacial score (nSPS) is 15.4. The average molecular weight is 365 g/mol. The molecule has 144 valence electrons. The van der Waals surface area contributed by atoms with Gasteiger partial charge in [0.2, 0.25) is 5.91 Å². The molecule has 1 aromatic rings. The molecule has 3 amide bonds. The Morgan fingerprint density at radius 1 is 1.15 bits per heavy atom. The Hall–Kier alpha value is -2.31. The molecule has 0 unspecified atom stereocenters. The fraction of sp³-hybridized carbons (Fsp3) is 0.579. The molecule has 6 nitrogen and oxygen atoms in total. The number of carbonyl (C=O) groups is 2. The monoisotopic (exact) mass is 365 g/mol. The summed E-state index contributed by atoms with van der Waals surface area (Å²) in [7, 11) is 1.50. The van der Waals surface area contributed by atoms with Crippen LogP contribution in [0.1, 0.15) is 32.8 Å². The molecule has 7 heteroatoms. The van der Waals surface area contributed by atoms with Crippen LogP contribution in [0.3, 0.4) is 0 Å². The minimum absolute atomic E-state index is 0.0785. The van der Waals surface area contributed by atoms with Gasteiger partial charge in [0.05, 0.1) is 13.5 Å². The van der Waals surface area contributed by atoms with E-state index in [-0.39, 0.29) is 23.9 Å². The van der Waals surface area contributed by atoms with Gasteiger partial charge in [-0.25, -0.2) is 9.18 Å². The third-order valence-corrected chi connectivity index (χ3v) is 4.20. The number of ether oxygens (including phenoxy) is 1. The van der Waals surface area contributed by atoms with E-state index < -0.39 is 5.82 Å². The molecule has 0 radical (unpaired) electrons. The van der Waals surface area contributed by atoms with Gasteiger partial charge in [-0.3, -0.25) is 4.79 Å². The van der Waals surface area contributed by atoms with Crippen LogP contribution in [0, 0.1) is 5.82 Å². The maximum absolute atomic E-state index is 13.5. The van der Waals surface area contributed by atoms with Crippen molar-refractivity contribution in [3.63, 3.8) is 0 Å². The zero-order valence-corrected chi connectivity index (χ0v) is 16.0. The third kappa shape index (κ3) is 5.61. The summed E-state index contributed by atoms with van der Waals surface area (Å²) in [5.74, 6) is 0.0159. The fourth-order valence-electron chi connectivity index (χ4n) is 2.93. The number of methoxy groups -OCH3 is 1. The van der Waals surface area contributed by atoms with E-state index in [9.17, 15) is 14.0 Å².